The van der Waals surface area contributed by atoms with E-state index in [1.807, 2.05) is 0 Å². The van der Waals surface area contributed by atoms with Crippen molar-refractivity contribution in [1.29, 1.82) is 0 Å². The molecule has 52 heavy (non-hydrogen) atoms. The number of nitrogens with two attached hydrogens (primary N) is 4. The van der Waals surface area contributed by atoms with Gasteiger partial charge in [0.2, 0.25) is 0 Å². The minimum absolute atomic E-state index is 0.0438. The highest BCUT2D eigenvalue weighted by Gasteiger charge is 2.24. The molecule has 0 saturated heterocycles. The maximum absolute atomic E-state index is 11.6. The molecule has 0 aliphatic rings. The minimum Gasteiger partial charge on any atom is -0.504 e. The lowest BCUT2D eigenvalue weighted by Gasteiger charge is -2.19. The van der Waals surface area contributed by atoms with E-state index in [1.54, 1.807) is 24.3 Å². The Kier molecular flexibility index (Phi) is 12.4. The Labute approximate surface area is 296 Å². The van der Waals surface area contributed by atoms with Crippen LogP contribution in [0.3, 0.4) is 0 Å². The Balaban J connectivity index is 1.80. The number of hydrogen-bond acceptors (Lipinski definition) is 12. The highest BCUT2D eigenvalue weighted by Crippen LogP contribution is 2.47. The molecule has 4 atom stereocenters. The summed E-state index contributed by atoms with van der Waals surface area (Å²) in [6.45, 7) is 0. The molecule has 0 spiro atoms. The number of phenols is 2. The third kappa shape index (κ3) is 9.95. The molecule has 0 saturated carbocycles. The monoisotopic (exact) mass is 718 g/mol. The number of aromatic hydroxyl groups is 2. The van der Waals surface area contributed by atoms with Crippen LogP contribution in [0.5, 0.6) is 34.5 Å². The van der Waals surface area contributed by atoms with E-state index >= 15 is 0 Å². The molecule has 274 valence electrons. The van der Waals surface area contributed by atoms with Gasteiger partial charge in [0, 0.05) is 11.1 Å². The average molecular weight is 719 g/mol. The van der Waals surface area contributed by atoms with Crippen LogP contribution >= 0.6 is 0 Å². The van der Waals surface area contributed by atoms with Crippen LogP contribution in [0.25, 0.3) is 11.1 Å². The van der Waals surface area contributed by atoms with Crippen LogP contribution in [-0.4, -0.2) is 78.7 Å². The molecule has 4 aromatic rings. The van der Waals surface area contributed by atoms with E-state index in [0.717, 1.165) is 0 Å². The summed E-state index contributed by atoms with van der Waals surface area (Å²) in [5, 5.41) is 60.3. The van der Waals surface area contributed by atoms with Crippen LogP contribution in [0.15, 0.2) is 72.8 Å². The van der Waals surface area contributed by atoms with Gasteiger partial charge in [-0.05, 0) is 96.5 Å². The Bertz CT molecular complexity index is 1810. The Morgan fingerprint density at radius 3 is 1.00 bits per heavy atom. The number of carbonyl (C=O) groups is 4. The summed E-state index contributed by atoms with van der Waals surface area (Å²) in [5.41, 5.74) is 24.6. The van der Waals surface area contributed by atoms with Crippen molar-refractivity contribution in [2.75, 3.05) is 0 Å². The van der Waals surface area contributed by atoms with Crippen LogP contribution < -0.4 is 32.4 Å². The first-order valence-corrected chi connectivity index (χ1v) is 15.7. The number of ether oxygens (including phenoxy) is 2. The van der Waals surface area contributed by atoms with Crippen LogP contribution in [0, 0.1) is 0 Å². The molecule has 0 aliphatic carbocycles. The maximum Gasteiger partial charge on any atom is 0.320 e. The third-order valence-corrected chi connectivity index (χ3v) is 7.95. The van der Waals surface area contributed by atoms with Crippen molar-refractivity contribution in [3.8, 4) is 45.6 Å². The molecule has 0 aromatic heterocycles. The third-order valence-electron chi connectivity index (χ3n) is 7.95. The predicted octanol–water partition coefficient (Wildman–Crippen LogP) is 2.17. The van der Waals surface area contributed by atoms with Gasteiger partial charge in [-0.3, -0.25) is 19.2 Å². The Morgan fingerprint density at radius 2 is 0.731 bits per heavy atom. The molecule has 0 heterocycles. The first-order chi connectivity index (χ1) is 24.5. The molecule has 16 nitrogen and oxygen atoms in total. The summed E-state index contributed by atoms with van der Waals surface area (Å²) in [5.74, 6) is -5.85. The van der Waals surface area contributed by atoms with Gasteiger partial charge in [-0.2, -0.15) is 0 Å². The van der Waals surface area contributed by atoms with Crippen molar-refractivity contribution in [1.82, 2.24) is 0 Å². The summed E-state index contributed by atoms with van der Waals surface area (Å²) in [6, 6.07) is 12.9. The van der Waals surface area contributed by atoms with Crippen molar-refractivity contribution in [2.45, 2.75) is 49.9 Å². The van der Waals surface area contributed by atoms with E-state index in [-0.39, 0.29) is 70.9 Å². The lowest BCUT2D eigenvalue weighted by atomic mass is 9.94. The number of carboxylic acid groups (broad SMARTS) is 4. The average Bonchev–Trinajstić information content (AvgIpc) is 3.08. The first-order valence-electron chi connectivity index (χ1n) is 15.7. The molecule has 0 unspecified atom stereocenters. The largest absolute Gasteiger partial charge is 0.504 e. The maximum atomic E-state index is 11.6. The number of rotatable bonds is 17. The molecule has 4 rings (SSSR count). The van der Waals surface area contributed by atoms with Crippen LogP contribution in [0.1, 0.15) is 22.3 Å². The van der Waals surface area contributed by atoms with E-state index in [2.05, 4.69) is 0 Å². The number of carboxylic acids is 4. The molecule has 16 heteroatoms. The van der Waals surface area contributed by atoms with Gasteiger partial charge in [0.25, 0.3) is 0 Å². The summed E-state index contributed by atoms with van der Waals surface area (Å²) >= 11 is 0. The van der Waals surface area contributed by atoms with E-state index in [9.17, 15) is 39.6 Å². The lowest BCUT2D eigenvalue weighted by molar-refractivity contribution is -0.139. The minimum atomic E-state index is -1.36. The molecule has 14 N–H and O–H groups in total. The zero-order chi connectivity index (χ0) is 38.3. The standard InChI is InChI=1S/C36H38N4O12/c37-25(33(43)44)11-17-1-5-21(6-2-17)51-29-15-19(13-27(39)35(47)48)9-23(31(29)41)24-10-20(14-28(40)36(49)50)16-30(32(24)42)52-22-7-3-18(4-8-22)12-26(38)34(45)46/h1-10,15-16,25-28,41-42H,11-14,37-40H2,(H,43,44)(H,45,46)(H,47,48)(H,49,50)/t25-,26-,27-,28-/m0/s1. The van der Waals surface area contributed by atoms with Crippen molar-refractivity contribution in [3.05, 3.63) is 95.1 Å². The number of phenolic OH excluding ortho intramolecular Hbond substituents is 2. The highest BCUT2D eigenvalue weighted by molar-refractivity contribution is 5.82. The van der Waals surface area contributed by atoms with E-state index in [1.165, 1.54) is 48.5 Å². The van der Waals surface area contributed by atoms with Gasteiger partial charge in [0.15, 0.2) is 23.0 Å². The van der Waals surface area contributed by atoms with E-state index in [4.69, 9.17) is 42.6 Å². The van der Waals surface area contributed by atoms with Gasteiger partial charge in [-0.15, -0.1) is 0 Å². The van der Waals surface area contributed by atoms with Crippen molar-refractivity contribution in [3.63, 3.8) is 0 Å². The summed E-state index contributed by atoms with van der Waals surface area (Å²) in [4.78, 5) is 45.6. The molecule has 0 aliphatic heterocycles. The fraction of sp³-hybridized carbons (Fsp3) is 0.222. The fourth-order valence-electron chi connectivity index (χ4n) is 5.14. The second-order valence-electron chi connectivity index (χ2n) is 12.1. The van der Waals surface area contributed by atoms with Crippen molar-refractivity contribution < 1.29 is 59.3 Å². The summed E-state index contributed by atoms with van der Waals surface area (Å²) < 4.78 is 11.9. The molecule has 0 fully saturated rings. The van der Waals surface area contributed by atoms with Gasteiger partial charge in [0.05, 0.1) is 0 Å². The molecule has 0 radical (unpaired) electrons. The van der Waals surface area contributed by atoms with Gasteiger partial charge < -0.3 is 63.0 Å². The Morgan fingerprint density at radius 1 is 0.462 bits per heavy atom. The van der Waals surface area contributed by atoms with Crippen LogP contribution in [-0.2, 0) is 44.9 Å². The van der Waals surface area contributed by atoms with Crippen LogP contribution in [0.4, 0.5) is 0 Å². The number of benzene rings is 4. The number of aliphatic carboxylic acids is 4. The fourth-order valence-corrected chi connectivity index (χ4v) is 5.14. The molecular formula is C36H38N4O12. The SMILES string of the molecule is N[C@@H](Cc1ccc(Oc2cc(C[C@H](N)C(=O)O)cc(-c3cc(C[C@H](N)C(=O)O)cc(Oc4ccc(C[C@H](N)C(=O)O)cc4)c3O)c2O)cc1)C(=O)O. The smallest absolute Gasteiger partial charge is 0.320 e. The second-order valence-corrected chi connectivity index (χ2v) is 12.1. The summed E-state index contributed by atoms with van der Waals surface area (Å²) in [6.07, 6.45) is -0.364. The molecule has 0 amide bonds. The highest BCUT2D eigenvalue weighted by atomic mass is 16.5. The molecular weight excluding hydrogens is 680 g/mol. The zero-order valence-electron chi connectivity index (χ0n) is 27.5. The Hall–Kier alpha value is -6.20. The second kappa shape index (κ2) is 16.7. The first kappa shape index (κ1) is 38.6. The topological polar surface area (TPSA) is 312 Å². The van der Waals surface area contributed by atoms with E-state index < -0.39 is 59.5 Å². The normalized spacial score (nSPS) is 13.4. The lowest BCUT2D eigenvalue weighted by Crippen LogP contribution is -2.32. The van der Waals surface area contributed by atoms with Gasteiger partial charge in [0.1, 0.15) is 35.7 Å². The van der Waals surface area contributed by atoms with Crippen LogP contribution in [0.2, 0.25) is 0 Å². The van der Waals surface area contributed by atoms with Gasteiger partial charge in [-0.1, -0.05) is 24.3 Å². The molecule has 0 bridgehead atoms. The zero-order valence-corrected chi connectivity index (χ0v) is 27.5. The molecule has 4 aromatic carbocycles. The number of hydrogen-bond donors (Lipinski definition) is 10. The van der Waals surface area contributed by atoms with Crippen molar-refractivity contribution >= 4 is 23.9 Å². The van der Waals surface area contributed by atoms with Gasteiger partial charge in [-0.25, -0.2) is 0 Å². The summed E-state index contributed by atoms with van der Waals surface area (Å²) in [7, 11) is 0. The van der Waals surface area contributed by atoms with Gasteiger partial charge >= 0.3 is 23.9 Å². The predicted molar refractivity (Wildman–Crippen MR) is 186 cm³/mol. The van der Waals surface area contributed by atoms with E-state index in [0.29, 0.717) is 11.1 Å². The quantitative estimate of drug-likeness (QED) is 0.0748. The van der Waals surface area contributed by atoms with Crippen molar-refractivity contribution in [2.24, 2.45) is 22.9 Å².